The molecule has 0 radical (unpaired) electrons. The molecule has 0 saturated heterocycles. The van der Waals surface area contributed by atoms with Crippen molar-refractivity contribution in [2.45, 2.75) is 32.1 Å². The second-order valence-corrected chi connectivity index (χ2v) is 4.32. The van der Waals surface area contributed by atoms with E-state index in [1.54, 1.807) is 0 Å². The smallest absolute Gasteiger partial charge is 0.167 e. The van der Waals surface area contributed by atoms with Crippen LogP contribution < -0.4 is 0 Å². The average molecular weight is 255 g/mol. The van der Waals surface area contributed by atoms with E-state index in [4.69, 9.17) is 11.6 Å². The number of Topliss-reactive ketones (excluding diaryl/α,β-unsaturated/α-hetero) is 1. The van der Waals surface area contributed by atoms with Crippen molar-refractivity contribution in [1.82, 2.24) is 0 Å². The minimum Gasteiger partial charge on any atom is -0.294 e. The van der Waals surface area contributed by atoms with Gasteiger partial charge in [-0.1, -0.05) is 30.2 Å². The minimum atomic E-state index is -0.534. The van der Waals surface area contributed by atoms with Crippen LogP contribution in [0.1, 0.15) is 42.5 Å². The van der Waals surface area contributed by atoms with E-state index in [1.165, 1.54) is 18.2 Å². The topological polar surface area (TPSA) is 17.1 Å². The summed E-state index contributed by atoms with van der Waals surface area (Å²) in [5.41, 5.74) is 0.0258. The SMILES string of the molecule is C=CCCCCCC(=O)c1c(F)cccc1Cl. The normalized spacial score (nSPS) is 10.2. The number of rotatable bonds is 7. The fourth-order valence-corrected chi connectivity index (χ4v) is 1.91. The number of halogens is 2. The Morgan fingerprint density at radius 2 is 2.12 bits per heavy atom. The zero-order valence-electron chi connectivity index (χ0n) is 9.72. The van der Waals surface area contributed by atoms with Gasteiger partial charge in [-0.3, -0.25) is 4.79 Å². The first-order chi connectivity index (χ1) is 8.16. The highest BCUT2D eigenvalue weighted by molar-refractivity contribution is 6.34. The Labute approximate surface area is 106 Å². The zero-order valence-corrected chi connectivity index (χ0v) is 10.5. The molecule has 0 atom stereocenters. The van der Waals surface area contributed by atoms with E-state index in [1.807, 2.05) is 6.08 Å². The highest BCUT2D eigenvalue weighted by Crippen LogP contribution is 2.21. The molecule has 0 bridgehead atoms. The van der Waals surface area contributed by atoms with Gasteiger partial charge in [0, 0.05) is 6.42 Å². The van der Waals surface area contributed by atoms with Crippen LogP contribution in [0.4, 0.5) is 4.39 Å². The van der Waals surface area contributed by atoms with Crippen molar-refractivity contribution in [3.63, 3.8) is 0 Å². The van der Waals surface area contributed by atoms with Gasteiger partial charge in [0.05, 0.1) is 10.6 Å². The molecule has 0 aliphatic rings. The molecule has 0 aliphatic heterocycles. The van der Waals surface area contributed by atoms with E-state index >= 15 is 0 Å². The Hall–Kier alpha value is -1.15. The number of carbonyl (C=O) groups excluding carboxylic acids is 1. The first-order valence-electron chi connectivity index (χ1n) is 5.75. The summed E-state index contributed by atoms with van der Waals surface area (Å²) < 4.78 is 13.4. The van der Waals surface area contributed by atoms with Crippen molar-refractivity contribution >= 4 is 17.4 Å². The van der Waals surface area contributed by atoms with Crippen molar-refractivity contribution in [2.75, 3.05) is 0 Å². The van der Waals surface area contributed by atoms with E-state index < -0.39 is 5.82 Å². The van der Waals surface area contributed by atoms with Gasteiger partial charge >= 0.3 is 0 Å². The lowest BCUT2D eigenvalue weighted by molar-refractivity contribution is 0.0975. The second-order valence-electron chi connectivity index (χ2n) is 3.91. The average Bonchev–Trinajstić information content (AvgIpc) is 2.28. The van der Waals surface area contributed by atoms with Gasteiger partial charge in [-0.25, -0.2) is 4.39 Å². The molecule has 0 saturated carbocycles. The second kappa shape index (κ2) is 7.23. The highest BCUT2D eigenvalue weighted by atomic mass is 35.5. The standard InChI is InChI=1S/C14H16ClFO/c1-2-3-4-5-6-10-13(17)14-11(15)8-7-9-12(14)16/h2,7-9H,1,3-6,10H2. The fourth-order valence-electron chi connectivity index (χ4n) is 1.64. The van der Waals surface area contributed by atoms with Crippen LogP contribution in [0.25, 0.3) is 0 Å². The number of benzene rings is 1. The van der Waals surface area contributed by atoms with Crippen LogP contribution in [-0.2, 0) is 0 Å². The van der Waals surface area contributed by atoms with E-state index in [0.29, 0.717) is 6.42 Å². The molecule has 0 fully saturated rings. The molecular weight excluding hydrogens is 239 g/mol. The molecule has 1 nitrogen and oxygen atoms in total. The first-order valence-corrected chi connectivity index (χ1v) is 6.12. The number of carbonyl (C=O) groups is 1. The molecule has 92 valence electrons. The number of hydrogen-bond donors (Lipinski definition) is 0. The number of unbranched alkanes of at least 4 members (excludes halogenated alkanes) is 3. The molecule has 0 aromatic heterocycles. The molecule has 0 amide bonds. The van der Waals surface area contributed by atoms with Gasteiger partial charge in [-0.15, -0.1) is 6.58 Å². The summed E-state index contributed by atoms with van der Waals surface area (Å²) >= 11 is 5.81. The van der Waals surface area contributed by atoms with Crippen LogP contribution in [0.2, 0.25) is 5.02 Å². The molecule has 1 aromatic rings. The minimum absolute atomic E-state index is 0.0258. The Balaban J connectivity index is 2.50. The predicted octanol–water partition coefficient (Wildman–Crippen LogP) is 4.80. The third-order valence-electron chi connectivity index (χ3n) is 2.55. The molecule has 0 unspecified atom stereocenters. The van der Waals surface area contributed by atoms with Gasteiger partial charge in [0.1, 0.15) is 5.82 Å². The summed E-state index contributed by atoms with van der Waals surface area (Å²) in [5.74, 6) is -0.750. The quantitative estimate of drug-likeness (QED) is 0.388. The zero-order chi connectivity index (χ0) is 12.7. The lowest BCUT2D eigenvalue weighted by Crippen LogP contribution is -2.03. The van der Waals surface area contributed by atoms with Crippen LogP contribution in [0, 0.1) is 5.82 Å². The van der Waals surface area contributed by atoms with Gasteiger partial charge < -0.3 is 0 Å². The lowest BCUT2D eigenvalue weighted by atomic mass is 10.0. The molecule has 0 spiro atoms. The molecule has 1 aromatic carbocycles. The van der Waals surface area contributed by atoms with Gasteiger partial charge in [0.15, 0.2) is 5.78 Å². The first kappa shape index (κ1) is 13.9. The summed E-state index contributed by atoms with van der Waals surface area (Å²) in [6.45, 7) is 3.63. The fraction of sp³-hybridized carbons (Fsp3) is 0.357. The van der Waals surface area contributed by atoms with E-state index in [-0.39, 0.29) is 16.4 Å². The Kier molecular flexibility index (Phi) is 5.92. The van der Waals surface area contributed by atoms with Crippen LogP contribution in [0.3, 0.4) is 0 Å². The summed E-state index contributed by atoms with van der Waals surface area (Å²) in [4.78, 5) is 11.8. The maximum absolute atomic E-state index is 13.4. The highest BCUT2D eigenvalue weighted by Gasteiger charge is 2.14. The van der Waals surface area contributed by atoms with E-state index in [0.717, 1.165) is 25.7 Å². The lowest BCUT2D eigenvalue weighted by Gasteiger charge is -2.04. The van der Waals surface area contributed by atoms with Crippen LogP contribution in [0.5, 0.6) is 0 Å². The third kappa shape index (κ3) is 4.31. The summed E-state index contributed by atoms with van der Waals surface area (Å²) in [5, 5.41) is 0.195. The Morgan fingerprint density at radius 1 is 1.35 bits per heavy atom. The molecule has 17 heavy (non-hydrogen) atoms. The molecule has 0 aliphatic carbocycles. The van der Waals surface area contributed by atoms with Crippen molar-refractivity contribution in [3.8, 4) is 0 Å². The summed E-state index contributed by atoms with van der Waals surface area (Å²) in [6, 6.07) is 4.30. The molecule has 0 N–H and O–H groups in total. The van der Waals surface area contributed by atoms with Gasteiger partial charge in [0.2, 0.25) is 0 Å². The molecule has 0 heterocycles. The number of ketones is 1. The van der Waals surface area contributed by atoms with E-state index in [9.17, 15) is 9.18 Å². The van der Waals surface area contributed by atoms with Crippen LogP contribution >= 0.6 is 11.6 Å². The van der Waals surface area contributed by atoms with Crippen molar-refractivity contribution in [1.29, 1.82) is 0 Å². The maximum atomic E-state index is 13.4. The number of allylic oxidation sites excluding steroid dienone is 1. The van der Waals surface area contributed by atoms with Crippen molar-refractivity contribution < 1.29 is 9.18 Å². The number of hydrogen-bond acceptors (Lipinski definition) is 1. The van der Waals surface area contributed by atoms with Gasteiger partial charge in [0.25, 0.3) is 0 Å². The Morgan fingerprint density at radius 3 is 2.76 bits per heavy atom. The van der Waals surface area contributed by atoms with E-state index in [2.05, 4.69) is 6.58 Å². The predicted molar refractivity (Wildman–Crippen MR) is 69.0 cm³/mol. The summed E-state index contributed by atoms with van der Waals surface area (Å²) in [6.07, 6.45) is 5.88. The molecular formula is C14H16ClFO. The van der Waals surface area contributed by atoms with Gasteiger partial charge in [-0.2, -0.15) is 0 Å². The molecule has 3 heteroatoms. The van der Waals surface area contributed by atoms with Crippen LogP contribution in [-0.4, -0.2) is 5.78 Å². The van der Waals surface area contributed by atoms with Crippen molar-refractivity contribution in [3.05, 3.63) is 47.3 Å². The monoisotopic (exact) mass is 254 g/mol. The summed E-state index contributed by atoms with van der Waals surface area (Å²) in [7, 11) is 0. The van der Waals surface area contributed by atoms with Gasteiger partial charge in [-0.05, 0) is 31.4 Å². The largest absolute Gasteiger partial charge is 0.294 e. The van der Waals surface area contributed by atoms with Crippen LogP contribution in [0.15, 0.2) is 30.9 Å². The maximum Gasteiger partial charge on any atom is 0.167 e. The Bertz CT molecular complexity index is 381. The third-order valence-corrected chi connectivity index (χ3v) is 2.87. The van der Waals surface area contributed by atoms with Crippen molar-refractivity contribution in [2.24, 2.45) is 0 Å². The molecule has 1 rings (SSSR count).